The number of hydrazine groups is 1. The highest BCUT2D eigenvalue weighted by Gasteiger charge is 2.44. The molecular weight excluding hydrogens is 186 g/mol. The number of rotatable bonds is 5. The molecule has 15 heavy (non-hydrogen) atoms. The van der Waals surface area contributed by atoms with Crippen molar-refractivity contribution in [3.8, 4) is 0 Å². The van der Waals surface area contributed by atoms with E-state index in [-0.39, 0.29) is 0 Å². The van der Waals surface area contributed by atoms with Crippen LogP contribution in [0.4, 0.5) is 0 Å². The highest BCUT2D eigenvalue weighted by molar-refractivity contribution is 5.02. The lowest BCUT2D eigenvalue weighted by Gasteiger charge is -2.43. The van der Waals surface area contributed by atoms with E-state index in [4.69, 9.17) is 5.84 Å². The van der Waals surface area contributed by atoms with Crippen LogP contribution in [0.2, 0.25) is 0 Å². The first-order chi connectivity index (χ1) is 7.19. The first-order valence-electron chi connectivity index (χ1n) is 6.32. The number of nitrogens with one attached hydrogen (secondary N) is 1. The summed E-state index contributed by atoms with van der Waals surface area (Å²) in [5.41, 5.74) is 3.43. The maximum absolute atomic E-state index is 5.77. The van der Waals surface area contributed by atoms with Crippen molar-refractivity contribution in [2.75, 3.05) is 14.1 Å². The Morgan fingerprint density at radius 1 is 1.33 bits per heavy atom. The molecule has 3 heteroatoms. The summed E-state index contributed by atoms with van der Waals surface area (Å²) in [6, 6.07) is 0.488. The summed E-state index contributed by atoms with van der Waals surface area (Å²) in [5.74, 6) is 6.72. The normalized spacial score (nSPS) is 27.2. The van der Waals surface area contributed by atoms with Crippen molar-refractivity contribution in [2.24, 2.45) is 11.8 Å². The molecule has 88 valence electrons. The molecule has 0 bridgehead atoms. The van der Waals surface area contributed by atoms with E-state index < -0.39 is 0 Å². The van der Waals surface area contributed by atoms with E-state index in [9.17, 15) is 0 Å². The van der Waals surface area contributed by atoms with Gasteiger partial charge in [0, 0.05) is 11.6 Å². The Morgan fingerprint density at radius 2 is 1.93 bits per heavy atom. The lowest BCUT2D eigenvalue weighted by molar-refractivity contribution is 0.0971. The molecule has 0 spiro atoms. The van der Waals surface area contributed by atoms with Crippen molar-refractivity contribution in [3.63, 3.8) is 0 Å². The molecule has 2 aliphatic carbocycles. The number of likely N-dealkylation sites (N-methyl/N-ethyl adjacent to an activating group) is 1. The Labute approximate surface area is 93.4 Å². The topological polar surface area (TPSA) is 41.3 Å². The fraction of sp³-hybridized carbons (Fsp3) is 1.00. The van der Waals surface area contributed by atoms with Gasteiger partial charge in [-0.1, -0.05) is 25.7 Å². The Kier molecular flexibility index (Phi) is 3.33. The molecule has 1 unspecified atom stereocenters. The fourth-order valence-electron chi connectivity index (χ4n) is 3.22. The van der Waals surface area contributed by atoms with Crippen molar-refractivity contribution in [1.82, 2.24) is 10.3 Å². The van der Waals surface area contributed by atoms with Crippen LogP contribution in [0.25, 0.3) is 0 Å². The van der Waals surface area contributed by atoms with E-state index in [0.717, 1.165) is 5.92 Å². The van der Waals surface area contributed by atoms with Gasteiger partial charge < -0.3 is 4.90 Å². The second kappa shape index (κ2) is 4.40. The molecular formula is C12H25N3. The van der Waals surface area contributed by atoms with Crippen LogP contribution in [0.1, 0.15) is 44.9 Å². The smallest absolute Gasteiger partial charge is 0.0397 e. The van der Waals surface area contributed by atoms with Crippen LogP contribution in [-0.4, -0.2) is 30.6 Å². The highest BCUT2D eigenvalue weighted by atomic mass is 15.3. The number of hydrogen-bond donors (Lipinski definition) is 2. The van der Waals surface area contributed by atoms with Crippen LogP contribution in [0.5, 0.6) is 0 Å². The summed E-state index contributed by atoms with van der Waals surface area (Å²) in [4.78, 5) is 2.41. The van der Waals surface area contributed by atoms with Crippen LogP contribution in [0.3, 0.4) is 0 Å². The van der Waals surface area contributed by atoms with Gasteiger partial charge in [-0.2, -0.15) is 0 Å². The van der Waals surface area contributed by atoms with Crippen molar-refractivity contribution >= 4 is 0 Å². The first-order valence-corrected chi connectivity index (χ1v) is 6.32. The molecule has 2 rings (SSSR count). The van der Waals surface area contributed by atoms with Crippen molar-refractivity contribution in [3.05, 3.63) is 0 Å². The molecule has 0 amide bonds. The zero-order chi connectivity index (χ0) is 10.9. The Balaban J connectivity index is 2.05. The lowest BCUT2D eigenvalue weighted by Crippen LogP contribution is -2.59. The summed E-state index contributed by atoms with van der Waals surface area (Å²) in [6.45, 7) is 0. The maximum atomic E-state index is 5.77. The number of nitrogens with zero attached hydrogens (tertiary/aromatic N) is 1. The van der Waals surface area contributed by atoms with Gasteiger partial charge >= 0.3 is 0 Å². The van der Waals surface area contributed by atoms with Gasteiger partial charge in [-0.25, -0.2) is 0 Å². The molecule has 2 saturated carbocycles. The minimum absolute atomic E-state index is 0.331. The van der Waals surface area contributed by atoms with Crippen molar-refractivity contribution in [2.45, 2.75) is 56.5 Å². The van der Waals surface area contributed by atoms with E-state index >= 15 is 0 Å². The number of nitrogens with two attached hydrogens (primary N) is 1. The Hall–Kier alpha value is -0.120. The molecule has 0 aromatic heterocycles. The first kappa shape index (κ1) is 11.4. The third kappa shape index (κ3) is 2.19. The summed E-state index contributed by atoms with van der Waals surface area (Å²) < 4.78 is 0. The van der Waals surface area contributed by atoms with Gasteiger partial charge in [-0.3, -0.25) is 11.3 Å². The SMILES string of the molecule is CN(C)C1(C(CC2CC2)NN)CCCC1. The van der Waals surface area contributed by atoms with E-state index in [1.807, 2.05) is 0 Å². The monoisotopic (exact) mass is 211 g/mol. The van der Waals surface area contributed by atoms with E-state index in [2.05, 4.69) is 24.4 Å². The van der Waals surface area contributed by atoms with Gasteiger partial charge in [-0.15, -0.1) is 0 Å². The third-order valence-corrected chi connectivity index (χ3v) is 4.48. The molecule has 0 saturated heterocycles. The van der Waals surface area contributed by atoms with Gasteiger partial charge in [0.2, 0.25) is 0 Å². The second-order valence-corrected chi connectivity index (χ2v) is 5.60. The molecule has 0 radical (unpaired) electrons. The van der Waals surface area contributed by atoms with Gasteiger partial charge in [0.25, 0.3) is 0 Å². The summed E-state index contributed by atoms with van der Waals surface area (Å²) in [7, 11) is 4.42. The van der Waals surface area contributed by atoms with Gasteiger partial charge in [0.1, 0.15) is 0 Å². The van der Waals surface area contributed by atoms with Crippen LogP contribution in [-0.2, 0) is 0 Å². The molecule has 2 fully saturated rings. The zero-order valence-electron chi connectivity index (χ0n) is 10.1. The van der Waals surface area contributed by atoms with Crippen molar-refractivity contribution < 1.29 is 0 Å². The molecule has 0 heterocycles. The predicted octanol–water partition coefficient (Wildman–Crippen LogP) is 1.49. The second-order valence-electron chi connectivity index (χ2n) is 5.60. The van der Waals surface area contributed by atoms with Gasteiger partial charge in [-0.05, 0) is 39.3 Å². The number of hydrogen-bond acceptors (Lipinski definition) is 3. The molecule has 0 aromatic carbocycles. The average molecular weight is 211 g/mol. The molecule has 0 aromatic rings. The minimum Gasteiger partial charge on any atom is -0.302 e. The quantitative estimate of drug-likeness (QED) is 0.535. The average Bonchev–Trinajstić information content (AvgIpc) is 2.89. The molecule has 0 aliphatic heterocycles. The lowest BCUT2D eigenvalue weighted by atomic mass is 9.84. The summed E-state index contributed by atoms with van der Waals surface area (Å²) in [6.07, 6.45) is 9.45. The maximum Gasteiger partial charge on any atom is 0.0397 e. The zero-order valence-corrected chi connectivity index (χ0v) is 10.1. The van der Waals surface area contributed by atoms with Crippen LogP contribution in [0.15, 0.2) is 0 Å². The van der Waals surface area contributed by atoms with Gasteiger partial charge in [0.15, 0.2) is 0 Å². The predicted molar refractivity (Wildman–Crippen MR) is 63.3 cm³/mol. The van der Waals surface area contributed by atoms with E-state index in [0.29, 0.717) is 11.6 Å². The van der Waals surface area contributed by atoms with Gasteiger partial charge in [0.05, 0.1) is 0 Å². The molecule has 1 atom stereocenters. The van der Waals surface area contributed by atoms with Crippen LogP contribution >= 0.6 is 0 Å². The summed E-state index contributed by atoms with van der Waals surface area (Å²) >= 11 is 0. The minimum atomic E-state index is 0.331. The van der Waals surface area contributed by atoms with E-state index in [1.165, 1.54) is 44.9 Å². The highest BCUT2D eigenvalue weighted by Crippen LogP contribution is 2.42. The van der Waals surface area contributed by atoms with Crippen LogP contribution < -0.4 is 11.3 Å². The fourth-order valence-corrected chi connectivity index (χ4v) is 3.22. The standard InChI is InChI=1S/C12H25N3/c1-15(2)12(7-3-4-8-12)11(14-13)9-10-5-6-10/h10-11,14H,3-9,13H2,1-2H3. The third-order valence-electron chi connectivity index (χ3n) is 4.48. The van der Waals surface area contributed by atoms with Crippen molar-refractivity contribution in [1.29, 1.82) is 0 Å². The Morgan fingerprint density at radius 3 is 2.33 bits per heavy atom. The molecule has 3 nitrogen and oxygen atoms in total. The van der Waals surface area contributed by atoms with E-state index in [1.54, 1.807) is 0 Å². The molecule has 2 aliphatic rings. The summed E-state index contributed by atoms with van der Waals surface area (Å²) in [5, 5.41) is 0. The largest absolute Gasteiger partial charge is 0.302 e. The van der Waals surface area contributed by atoms with Crippen LogP contribution in [0, 0.1) is 5.92 Å². The molecule has 3 N–H and O–H groups in total. The Bertz CT molecular complexity index is 205.